The van der Waals surface area contributed by atoms with E-state index < -0.39 is 33.7 Å². The minimum absolute atomic E-state index is 0.146. The minimum Gasteiger partial charge on any atom is -0.332 e. The summed E-state index contributed by atoms with van der Waals surface area (Å²) >= 11 is 0. The number of anilines is 1. The van der Waals surface area contributed by atoms with E-state index in [-0.39, 0.29) is 16.7 Å². The molecule has 0 radical (unpaired) electrons. The molecule has 2 fully saturated rings. The smallest absolute Gasteiger partial charge is 0.266 e. The summed E-state index contributed by atoms with van der Waals surface area (Å²) in [7, 11) is -2.32. The van der Waals surface area contributed by atoms with Gasteiger partial charge in [0.2, 0.25) is 11.8 Å². The third-order valence-electron chi connectivity index (χ3n) is 6.89. The minimum atomic E-state index is -3.95. The number of fused-ring (bicyclic) bond motifs is 5. The van der Waals surface area contributed by atoms with Crippen LogP contribution in [-0.4, -0.2) is 55.3 Å². The highest BCUT2D eigenvalue weighted by atomic mass is 32.2. The van der Waals surface area contributed by atoms with Crippen LogP contribution in [0.1, 0.15) is 25.8 Å². The fourth-order valence-electron chi connectivity index (χ4n) is 5.24. The van der Waals surface area contributed by atoms with Gasteiger partial charge >= 0.3 is 0 Å². The Hall–Kier alpha value is -2.87. The predicted molar refractivity (Wildman–Crippen MR) is 111 cm³/mol. The third kappa shape index (κ3) is 2.22. The zero-order valence-electron chi connectivity index (χ0n) is 17.0. The zero-order chi connectivity index (χ0) is 21.4. The summed E-state index contributed by atoms with van der Waals surface area (Å²) < 4.78 is 28.9. The van der Waals surface area contributed by atoms with E-state index in [0.717, 1.165) is 5.56 Å². The molecule has 0 saturated carbocycles. The molecule has 3 aliphatic heterocycles. The molecule has 0 aromatic heterocycles. The molecular weight excluding hydrogens is 402 g/mol. The lowest BCUT2D eigenvalue weighted by atomic mass is 9.80. The Morgan fingerprint density at radius 1 is 0.967 bits per heavy atom. The molecule has 3 aliphatic rings. The Kier molecular flexibility index (Phi) is 3.87. The van der Waals surface area contributed by atoms with Gasteiger partial charge < -0.3 is 9.80 Å². The van der Waals surface area contributed by atoms with Gasteiger partial charge in [0.25, 0.3) is 10.0 Å². The van der Waals surface area contributed by atoms with Gasteiger partial charge in [0.15, 0.2) is 0 Å². The Labute approximate surface area is 175 Å². The maximum absolute atomic E-state index is 13.8. The molecule has 5 rings (SSSR count). The molecule has 0 bridgehead atoms. The van der Waals surface area contributed by atoms with Gasteiger partial charge in [-0.05, 0) is 37.1 Å². The first-order chi connectivity index (χ1) is 14.2. The van der Waals surface area contributed by atoms with Crippen molar-refractivity contribution in [1.29, 1.82) is 0 Å². The molecule has 2 aromatic carbocycles. The lowest BCUT2D eigenvalue weighted by Gasteiger charge is -2.43. The average molecular weight is 426 g/mol. The van der Waals surface area contributed by atoms with Crippen LogP contribution in [0.15, 0.2) is 59.5 Å². The summed E-state index contributed by atoms with van der Waals surface area (Å²) in [5.74, 6) is -0.371. The second-order valence-electron chi connectivity index (χ2n) is 8.51. The van der Waals surface area contributed by atoms with E-state index in [9.17, 15) is 18.0 Å². The Bertz CT molecular complexity index is 1170. The van der Waals surface area contributed by atoms with Crippen molar-refractivity contribution in [2.24, 2.45) is 0 Å². The molecule has 0 unspecified atom stereocenters. The van der Waals surface area contributed by atoms with Gasteiger partial charge in [-0.3, -0.25) is 9.59 Å². The van der Waals surface area contributed by atoms with E-state index >= 15 is 0 Å². The Balaban J connectivity index is 1.74. The Morgan fingerprint density at radius 2 is 1.60 bits per heavy atom. The van der Waals surface area contributed by atoms with Gasteiger partial charge in [0.05, 0.1) is 10.6 Å². The second-order valence-corrected chi connectivity index (χ2v) is 10.3. The molecule has 2 saturated heterocycles. The van der Waals surface area contributed by atoms with Gasteiger partial charge in [-0.15, -0.1) is 0 Å². The average Bonchev–Trinajstić information content (AvgIpc) is 3.19. The highest BCUT2D eigenvalue weighted by Crippen LogP contribution is 2.56. The molecule has 3 heterocycles. The summed E-state index contributed by atoms with van der Waals surface area (Å²) in [6, 6.07) is 14.3. The number of likely N-dealkylation sites (N-methyl/N-ethyl adjacent to an activating group) is 1. The lowest BCUT2D eigenvalue weighted by Crippen LogP contribution is -2.65. The zero-order valence-corrected chi connectivity index (χ0v) is 17.8. The number of nitrogens with zero attached hydrogens (tertiary/aromatic N) is 3. The van der Waals surface area contributed by atoms with Gasteiger partial charge in [-0.1, -0.05) is 43.3 Å². The van der Waals surface area contributed by atoms with E-state index in [1.54, 1.807) is 56.4 Å². The van der Waals surface area contributed by atoms with E-state index in [1.165, 1.54) is 14.1 Å². The van der Waals surface area contributed by atoms with Crippen molar-refractivity contribution >= 4 is 27.5 Å². The third-order valence-corrected chi connectivity index (χ3v) is 8.67. The van der Waals surface area contributed by atoms with Crippen molar-refractivity contribution in [3.05, 3.63) is 60.2 Å². The molecule has 156 valence electrons. The Morgan fingerprint density at radius 3 is 2.30 bits per heavy atom. The molecule has 30 heavy (non-hydrogen) atoms. The first kappa shape index (κ1) is 19.1. The highest BCUT2D eigenvalue weighted by molar-refractivity contribution is 7.92. The normalized spacial score (nSPS) is 30.4. The van der Waals surface area contributed by atoms with Crippen molar-refractivity contribution in [1.82, 2.24) is 9.80 Å². The van der Waals surface area contributed by atoms with E-state index in [0.29, 0.717) is 12.1 Å². The summed E-state index contributed by atoms with van der Waals surface area (Å²) in [5.41, 5.74) is 0.734. The number of carbonyl (C=O) groups is 2. The fourth-order valence-corrected chi connectivity index (χ4v) is 6.98. The fraction of sp³-hybridized carbons (Fsp3) is 0.364. The number of carbonyl (C=O) groups excluding carboxylic acids is 2. The SMILES string of the molecule is C[C@H]1C(=O)N2[C@@H](C[C@]3(C)c4ccccc4N(S(=O)(=O)c4ccccc4)[C@H]23)C(=O)N1C. The number of hydrogen-bond acceptors (Lipinski definition) is 4. The van der Waals surface area contributed by atoms with Crippen LogP contribution in [-0.2, 0) is 25.0 Å². The second kappa shape index (κ2) is 6.07. The quantitative estimate of drug-likeness (QED) is 0.737. The molecule has 7 nitrogen and oxygen atoms in total. The van der Waals surface area contributed by atoms with Crippen LogP contribution in [0.25, 0.3) is 0 Å². The van der Waals surface area contributed by atoms with E-state index in [2.05, 4.69) is 0 Å². The first-order valence-electron chi connectivity index (χ1n) is 9.97. The molecular formula is C22H23N3O4S. The monoisotopic (exact) mass is 425 g/mol. The van der Waals surface area contributed by atoms with Crippen molar-refractivity contribution in [2.75, 3.05) is 11.4 Å². The van der Waals surface area contributed by atoms with Crippen LogP contribution in [0.2, 0.25) is 0 Å². The lowest BCUT2D eigenvalue weighted by molar-refractivity contribution is -0.158. The largest absolute Gasteiger partial charge is 0.332 e. The van der Waals surface area contributed by atoms with Gasteiger partial charge in [0, 0.05) is 12.5 Å². The topological polar surface area (TPSA) is 78.0 Å². The summed E-state index contributed by atoms with van der Waals surface area (Å²) in [6.45, 7) is 3.64. The van der Waals surface area contributed by atoms with Crippen LogP contribution in [0.3, 0.4) is 0 Å². The standard InChI is InChI=1S/C22H23N3O4S/c1-14-19(26)24-18(20(27)23(14)3)13-22(2)16-11-7-8-12-17(16)25(21(22)24)30(28,29)15-9-5-4-6-10-15/h4-12,14,18,21H,13H2,1-3H3/t14-,18-,21-,22+/m0/s1. The first-order valence-corrected chi connectivity index (χ1v) is 11.4. The summed E-state index contributed by atoms with van der Waals surface area (Å²) in [4.78, 5) is 29.5. The maximum Gasteiger partial charge on any atom is 0.266 e. The van der Waals surface area contributed by atoms with Crippen molar-refractivity contribution < 1.29 is 18.0 Å². The molecule has 0 spiro atoms. The number of para-hydroxylation sites is 1. The van der Waals surface area contributed by atoms with Gasteiger partial charge in [-0.25, -0.2) is 12.7 Å². The van der Waals surface area contributed by atoms with Crippen molar-refractivity contribution in [3.8, 4) is 0 Å². The number of amides is 2. The molecule has 4 atom stereocenters. The molecule has 2 aromatic rings. The van der Waals surface area contributed by atoms with Crippen molar-refractivity contribution in [3.63, 3.8) is 0 Å². The number of rotatable bonds is 2. The summed E-state index contributed by atoms with van der Waals surface area (Å²) in [6.07, 6.45) is -0.394. The molecule has 0 N–H and O–H groups in total. The number of sulfonamides is 1. The van der Waals surface area contributed by atoms with Crippen LogP contribution < -0.4 is 4.31 Å². The van der Waals surface area contributed by atoms with Gasteiger partial charge in [-0.2, -0.15) is 0 Å². The maximum atomic E-state index is 13.8. The molecule has 2 amide bonds. The van der Waals surface area contributed by atoms with E-state index in [1.807, 2.05) is 19.1 Å². The van der Waals surface area contributed by atoms with Crippen LogP contribution in [0.5, 0.6) is 0 Å². The number of hydrogen-bond donors (Lipinski definition) is 0. The number of benzene rings is 2. The highest BCUT2D eigenvalue weighted by Gasteiger charge is 2.65. The molecule has 8 heteroatoms. The summed E-state index contributed by atoms with van der Waals surface area (Å²) in [5, 5.41) is 0. The van der Waals surface area contributed by atoms with Crippen molar-refractivity contribution in [2.45, 2.75) is 48.8 Å². The van der Waals surface area contributed by atoms with Gasteiger partial charge in [0.1, 0.15) is 18.2 Å². The number of piperazine rings is 1. The van der Waals surface area contributed by atoms with E-state index in [4.69, 9.17) is 0 Å². The van der Waals surface area contributed by atoms with Crippen LogP contribution in [0, 0.1) is 0 Å². The molecule has 0 aliphatic carbocycles. The van der Waals surface area contributed by atoms with Crippen LogP contribution >= 0.6 is 0 Å². The predicted octanol–water partition coefficient (Wildman–Crippen LogP) is 1.94. The van der Waals surface area contributed by atoms with Crippen LogP contribution in [0.4, 0.5) is 5.69 Å².